The molecule has 0 aromatic heterocycles. The van der Waals surface area contributed by atoms with E-state index in [9.17, 15) is 18.0 Å². The minimum Gasteiger partial charge on any atom is -0.320 e. The number of aliphatic imine (C=N–C) groups is 1. The smallest absolute Gasteiger partial charge is 0.320 e. The van der Waals surface area contributed by atoms with Gasteiger partial charge in [0, 0.05) is 7.05 Å². The van der Waals surface area contributed by atoms with Gasteiger partial charge in [0.15, 0.2) is 0 Å². The summed E-state index contributed by atoms with van der Waals surface area (Å²) >= 11 is 0. The molecule has 0 unspecified atom stereocenters. The number of likely N-dealkylation sites (N-methyl/N-ethyl adjacent to an activating group) is 1. The van der Waals surface area contributed by atoms with E-state index in [2.05, 4.69) is 4.99 Å². The van der Waals surface area contributed by atoms with Crippen LogP contribution in [0.5, 0.6) is 0 Å². The van der Waals surface area contributed by atoms with E-state index < -0.39 is 11.7 Å². The molecule has 1 aliphatic heterocycles. The van der Waals surface area contributed by atoms with Crippen molar-refractivity contribution in [2.24, 2.45) is 4.99 Å². The van der Waals surface area contributed by atoms with E-state index in [4.69, 9.17) is 0 Å². The number of hydrogen-bond donors (Lipinski definition) is 0. The van der Waals surface area contributed by atoms with Gasteiger partial charge in [-0.25, -0.2) is 9.79 Å². The minimum atomic E-state index is -4.43. The van der Waals surface area contributed by atoms with E-state index in [1.54, 1.807) is 7.05 Å². The van der Waals surface area contributed by atoms with Crippen LogP contribution in [-0.2, 0) is 12.7 Å². The number of benzene rings is 2. The van der Waals surface area contributed by atoms with Crippen LogP contribution in [0.4, 0.5) is 23.7 Å². The van der Waals surface area contributed by atoms with E-state index in [0.717, 1.165) is 23.3 Å². The summed E-state index contributed by atoms with van der Waals surface area (Å²) < 4.78 is 38.6. The summed E-state index contributed by atoms with van der Waals surface area (Å²) in [5, 5.41) is 0. The Hall–Kier alpha value is -2.83. The summed E-state index contributed by atoms with van der Waals surface area (Å²) in [4.78, 5) is 19.7. The van der Waals surface area contributed by atoms with Gasteiger partial charge in [0.05, 0.1) is 24.3 Å². The van der Waals surface area contributed by atoms with Crippen LogP contribution in [0.25, 0.3) is 0 Å². The lowest BCUT2D eigenvalue weighted by atomic mass is 10.1. The first-order valence-electron chi connectivity index (χ1n) is 8.07. The van der Waals surface area contributed by atoms with Gasteiger partial charge in [-0.15, -0.1) is 0 Å². The maximum absolute atomic E-state index is 12.9. The number of rotatable bonds is 3. The zero-order chi connectivity index (χ0) is 18.9. The monoisotopic (exact) mass is 361 g/mol. The summed E-state index contributed by atoms with van der Waals surface area (Å²) in [7, 11) is 1.64. The van der Waals surface area contributed by atoms with Crippen molar-refractivity contribution in [3.05, 3.63) is 65.2 Å². The number of alkyl halides is 3. The van der Waals surface area contributed by atoms with Gasteiger partial charge < -0.3 is 4.90 Å². The number of carbonyl (C=O) groups excluding carboxylic acids is 1. The molecular weight excluding hydrogens is 343 g/mol. The Morgan fingerprint density at radius 2 is 1.81 bits per heavy atom. The highest BCUT2D eigenvalue weighted by Crippen LogP contribution is 2.31. The molecule has 2 amide bonds. The lowest BCUT2D eigenvalue weighted by Gasteiger charge is -2.16. The van der Waals surface area contributed by atoms with Crippen LogP contribution in [0.3, 0.4) is 0 Å². The lowest BCUT2D eigenvalue weighted by molar-refractivity contribution is -0.137. The van der Waals surface area contributed by atoms with Gasteiger partial charge >= 0.3 is 12.2 Å². The second-order valence-corrected chi connectivity index (χ2v) is 6.29. The number of amides is 2. The fourth-order valence-corrected chi connectivity index (χ4v) is 2.71. The molecule has 1 fully saturated rings. The molecule has 0 aliphatic carbocycles. The predicted molar refractivity (Wildman–Crippen MR) is 93.3 cm³/mol. The fraction of sp³-hybridized carbons (Fsp3) is 0.263. The quantitative estimate of drug-likeness (QED) is 0.786. The topological polar surface area (TPSA) is 35.9 Å². The number of nitrogens with zero attached hydrogens (tertiary/aromatic N) is 3. The van der Waals surface area contributed by atoms with Crippen molar-refractivity contribution in [1.82, 2.24) is 9.80 Å². The fourth-order valence-electron chi connectivity index (χ4n) is 2.71. The minimum absolute atomic E-state index is 0.173. The van der Waals surface area contributed by atoms with Crippen LogP contribution in [0.1, 0.15) is 16.7 Å². The van der Waals surface area contributed by atoms with E-state index in [0.29, 0.717) is 12.4 Å². The third-order valence-corrected chi connectivity index (χ3v) is 4.14. The van der Waals surface area contributed by atoms with Gasteiger partial charge in [-0.1, -0.05) is 35.9 Å². The second kappa shape index (κ2) is 6.82. The molecule has 0 spiro atoms. The lowest BCUT2D eigenvalue weighted by Crippen LogP contribution is -2.31. The molecule has 1 aliphatic rings. The van der Waals surface area contributed by atoms with Crippen LogP contribution in [-0.4, -0.2) is 35.3 Å². The van der Waals surface area contributed by atoms with Gasteiger partial charge in [-0.2, -0.15) is 13.2 Å². The molecule has 7 heteroatoms. The Labute approximate surface area is 149 Å². The second-order valence-electron chi connectivity index (χ2n) is 6.29. The number of carbonyl (C=O) groups is 1. The van der Waals surface area contributed by atoms with Crippen LogP contribution in [0.15, 0.2) is 53.5 Å². The molecule has 1 heterocycles. The number of aryl methyl sites for hydroxylation is 1. The van der Waals surface area contributed by atoms with Crippen LogP contribution >= 0.6 is 0 Å². The van der Waals surface area contributed by atoms with Crippen molar-refractivity contribution >= 4 is 17.6 Å². The molecule has 1 saturated heterocycles. The van der Waals surface area contributed by atoms with Crippen molar-refractivity contribution in [3.63, 3.8) is 0 Å². The Balaban J connectivity index is 1.90. The van der Waals surface area contributed by atoms with E-state index in [-0.39, 0.29) is 18.3 Å². The Bertz CT molecular complexity index is 844. The van der Waals surface area contributed by atoms with Gasteiger partial charge in [0.25, 0.3) is 0 Å². The number of hydrogen-bond acceptors (Lipinski definition) is 2. The largest absolute Gasteiger partial charge is 0.416 e. The van der Waals surface area contributed by atoms with Crippen molar-refractivity contribution in [3.8, 4) is 0 Å². The molecule has 3 rings (SSSR count). The predicted octanol–water partition coefficient (Wildman–Crippen LogP) is 4.61. The maximum atomic E-state index is 12.9. The molecule has 0 saturated carbocycles. The van der Waals surface area contributed by atoms with Gasteiger partial charge in [-0.05, 0) is 30.7 Å². The maximum Gasteiger partial charge on any atom is 0.416 e. The Kier molecular flexibility index (Phi) is 4.71. The zero-order valence-corrected chi connectivity index (χ0v) is 14.4. The highest BCUT2D eigenvalue weighted by atomic mass is 19.4. The molecule has 2 aromatic carbocycles. The van der Waals surface area contributed by atoms with Gasteiger partial charge in [-0.3, -0.25) is 4.90 Å². The SMILES string of the molecule is Cc1ccc(CN2C(=O)N(C)C/C2=N\c2cccc(C(F)(F)F)c2)cc1. The van der Waals surface area contributed by atoms with Crippen molar-refractivity contribution in [2.45, 2.75) is 19.6 Å². The van der Waals surface area contributed by atoms with Crippen LogP contribution in [0.2, 0.25) is 0 Å². The summed E-state index contributed by atoms with van der Waals surface area (Å²) in [5.74, 6) is 0.428. The highest BCUT2D eigenvalue weighted by molar-refractivity contribution is 6.05. The average molecular weight is 361 g/mol. The van der Waals surface area contributed by atoms with Crippen molar-refractivity contribution < 1.29 is 18.0 Å². The third kappa shape index (κ3) is 3.87. The standard InChI is InChI=1S/C19H18F3N3O/c1-13-6-8-14(9-7-13)11-25-17(12-24(2)18(25)26)23-16-5-3-4-15(10-16)19(20,21)22/h3-10H,11-12H2,1-2H3/b23-17+. The molecular formula is C19H18F3N3O. The molecule has 26 heavy (non-hydrogen) atoms. The van der Waals surface area contributed by atoms with Crippen LogP contribution < -0.4 is 0 Å². The normalized spacial score (nSPS) is 16.7. The van der Waals surface area contributed by atoms with E-state index in [1.807, 2.05) is 31.2 Å². The Morgan fingerprint density at radius 3 is 2.46 bits per heavy atom. The number of halogens is 3. The highest BCUT2D eigenvalue weighted by Gasteiger charge is 2.33. The average Bonchev–Trinajstić information content (AvgIpc) is 2.84. The molecule has 4 nitrogen and oxygen atoms in total. The molecule has 0 bridgehead atoms. The van der Waals surface area contributed by atoms with E-state index >= 15 is 0 Å². The first-order valence-corrected chi connectivity index (χ1v) is 8.07. The van der Waals surface area contributed by atoms with Crippen molar-refractivity contribution in [2.75, 3.05) is 13.6 Å². The molecule has 0 atom stereocenters. The zero-order valence-electron chi connectivity index (χ0n) is 14.4. The van der Waals surface area contributed by atoms with Crippen molar-refractivity contribution in [1.29, 1.82) is 0 Å². The first-order chi connectivity index (χ1) is 12.2. The third-order valence-electron chi connectivity index (χ3n) is 4.14. The molecule has 0 N–H and O–H groups in total. The number of urea groups is 1. The summed E-state index contributed by atoms with van der Waals surface area (Å²) in [6.07, 6.45) is -4.43. The molecule has 136 valence electrons. The Morgan fingerprint density at radius 1 is 1.12 bits per heavy atom. The van der Waals surface area contributed by atoms with Gasteiger partial charge in [0.1, 0.15) is 5.84 Å². The molecule has 0 radical (unpaired) electrons. The summed E-state index contributed by atoms with van der Waals surface area (Å²) in [5.41, 5.74) is 1.45. The van der Waals surface area contributed by atoms with Gasteiger partial charge in [0.2, 0.25) is 0 Å². The summed E-state index contributed by atoms with van der Waals surface area (Å²) in [6, 6.07) is 12.3. The first kappa shape index (κ1) is 18.0. The number of amidine groups is 1. The van der Waals surface area contributed by atoms with Crippen LogP contribution in [0, 0.1) is 6.92 Å². The molecule has 2 aromatic rings. The van der Waals surface area contributed by atoms with E-state index in [1.165, 1.54) is 21.9 Å². The summed E-state index contributed by atoms with van der Waals surface area (Å²) in [6.45, 7) is 2.54.